The van der Waals surface area contributed by atoms with E-state index in [1.807, 2.05) is 13.0 Å². The molecule has 0 amide bonds. The van der Waals surface area contributed by atoms with Crippen molar-refractivity contribution in [2.24, 2.45) is 0 Å². The van der Waals surface area contributed by atoms with E-state index in [0.717, 1.165) is 0 Å². The normalized spacial score (nSPS) is 10.2. The Kier molecular flexibility index (Phi) is 3.71. The summed E-state index contributed by atoms with van der Waals surface area (Å²) >= 11 is 0. The summed E-state index contributed by atoms with van der Waals surface area (Å²) in [4.78, 5) is 11.9. The van der Waals surface area contributed by atoms with E-state index in [2.05, 4.69) is 0 Å². The molecule has 0 unspecified atom stereocenters. The molecule has 0 saturated carbocycles. The smallest absolute Gasteiger partial charge is 0.343 e. The number of nitrogen functional groups attached to an aromatic ring is 1. The molecule has 98 valence electrons. The first-order chi connectivity index (χ1) is 9.13. The number of esters is 1. The first-order valence-corrected chi connectivity index (χ1v) is 6.01. The van der Waals surface area contributed by atoms with Gasteiger partial charge < -0.3 is 15.6 Å². The van der Waals surface area contributed by atoms with Crippen LogP contribution in [0.1, 0.15) is 22.8 Å². The topological polar surface area (TPSA) is 72.5 Å². The Morgan fingerprint density at radius 2 is 1.89 bits per heavy atom. The zero-order chi connectivity index (χ0) is 13.8. The lowest BCUT2D eigenvalue weighted by atomic mass is 10.1. The second-order valence-electron chi connectivity index (χ2n) is 4.09. The largest absolute Gasteiger partial charge is 0.505 e. The minimum atomic E-state index is -0.459. The van der Waals surface area contributed by atoms with Gasteiger partial charge in [0, 0.05) is 5.56 Å². The van der Waals surface area contributed by atoms with Crippen LogP contribution in [0, 0.1) is 0 Å². The molecule has 3 N–H and O–H groups in total. The van der Waals surface area contributed by atoms with Gasteiger partial charge in [-0.15, -0.1) is 0 Å². The number of rotatable bonds is 3. The molecule has 0 saturated heterocycles. The summed E-state index contributed by atoms with van der Waals surface area (Å²) in [6.07, 6.45) is 0.522. The molecule has 0 aliphatic rings. The van der Waals surface area contributed by atoms with E-state index in [4.69, 9.17) is 10.5 Å². The van der Waals surface area contributed by atoms with Crippen molar-refractivity contribution in [3.05, 3.63) is 53.6 Å². The molecule has 0 radical (unpaired) electrons. The van der Waals surface area contributed by atoms with Gasteiger partial charge in [0.15, 0.2) is 0 Å². The number of anilines is 1. The van der Waals surface area contributed by atoms with Crippen molar-refractivity contribution in [2.45, 2.75) is 13.3 Å². The Morgan fingerprint density at radius 3 is 2.53 bits per heavy atom. The van der Waals surface area contributed by atoms with Gasteiger partial charge in [-0.2, -0.15) is 0 Å². The summed E-state index contributed by atoms with van der Waals surface area (Å²) in [5.74, 6) is -0.150. The molecule has 0 bridgehead atoms. The fourth-order valence-electron chi connectivity index (χ4n) is 1.81. The zero-order valence-corrected chi connectivity index (χ0v) is 10.6. The van der Waals surface area contributed by atoms with Crippen molar-refractivity contribution in [3.63, 3.8) is 0 Å². The van der Waals surface area contributed by atoms with E-state index < -0.39 is 5.97 Å². The predicted molar refractivity (Wildman–Crippen MR) is 73.3 cm³/mol. The van der Waals surface area contributed by atoms with Crippen LogP contribution in [0.5, 0.6) is 11.5 Å². The zero-order valence-electron chi connectivity index (χ0n) is 10.6. The lowest BCUT2D eigenvalue weighted by Crippen LogP contribution is -2.09. The SMILES string of the molecule is CCc1c(OC(=O)c2ccccc2)ccc(N)c1O. The number of aromatic hydroxyl groups is 1. The summed E-state index contributed by atoms with van der Waals surface area (Å²) < 4.78 is 5.30. The fourth-order valence-corrected chi connectivity index (χ4v) is 1.81. The number of nitrogens with two attached hydrogens (primary N) is 1. The summed E-state index contributed by atoms with van der Waals surface area (Å²) in [5, 5.41) is 9.85. The van der Waals surface area contributed by atoms with Crippen molar-refractivity contribution in [1.82, 2.24) is 0 Å². The number of hydrogen-bond acceptors (Lipinski definition) is 4. The molecular formula is C15H15NO3. The first kappa shape index (κ1) is 13.0. The maximum atomic E-state index is 11.9. The molecule has 2 aromatic carbocycles. The number of benzene rings is 2. The minimum absolute atomic E-state index is 0.0270. The van der Waals surface area contributed by atoms with E-state index in [0.29, 0.717) is 23.3 Å². The van der Waals surface area contributed by atoms with Crippen LogP contribution in [0.15, 0.2) is 42.5 Å². The van der Waals surface area contributed by atoms with Crippen LogP contribution in [0.25, 0.3) is 0 Å². The molecule has 2 aromatic rings. The molecule has 0 fully saturated rings. The standard InChI is InChI=1S/C15H15NO3/c1-2-11-13(9-8-12(16)14(11)17)19-15(18)10-6-4-3-5-7-10/h3-9,17H,2,16H2,1H3. The summed E-state index contributed by atoms with van der Waals surface area (Å²) in [6, 6.07) is 11.8. The molecule has 0 atom stereocenters. The van der Waals surface area contributed by atoms with Crippen LogP contribution in [-0.2, 0) is 6.42 Å². The van der Waals surface area contributed by atoms with Crippen LogP contribution in [-0.4, -0.2) is 11.1 Å². The number of ether oxygens (including phenoxy) is 1. The minimum Gasteiger partial charge on any atom is -0.505 e. The Bertz CT molecular complexity index is 594. The molecule has 0 aliphatic carbocycles. The molecule has 4 nitrogen and oxygen atoms in total. The highest BCUT2D eigenvalue weighted by Gasteiger charge is 2.14. The second kappa shape index (κ2) is 5.44. The maximum absolute atomic E-state index is 11.9. The van der Waals surface area contributed by atoms with E-state index in [9.17, 15) is 9.90 Å². The lowest BCUT2D eigenvalue weighted by molar-refractivity contribution is 0.0733. The van der Waals surface area contributed by atoms with Gasteiger partial charge >= 0.3 is 5.97 Å². The molecule has 4 heteroatoms. The van der Waals surface area contributed by atoms with Gasteiger partial charge in [0.05, 0.1) is 11.3 Å². The van der Waals surface area contributed by atoms with Crippen LogP contribution >= 0.6 is 0 Å². The summed E-state index contributed by atoms with van der Waals surface area (Å²) in [5.41, 5.74) is 6.88. The van der Waals surface area contributed by atoms with Gasteiger partial charge in [-0.1, -0.05) is 25.1 Å². The Hall–Kier alpha value is -2.49. The van der Waals surface area contributed by atoms with Crippen molar-refractivity contribution in [3.8, 4) is 11.5 Å². The number of phenols is 1. The summed E-state index contributed by atoms with van der Waals surface area (Å²) in [6.45, 7) is 1.86. The lowest BCUT2D eigenvalue weighted by Gasteiger charge is -2.11. The van der Waals surface area contributed by atoms with Gasteiger partial charge in [0.25, 0.3) is 0 Å². The molecule has 0 aliphatic heterocycles. The van der Waals surface area contributed by atoms with Crippen LogP contribution in [0.3, 0.4) is 0 Å². The Labute approximate surface area is 111 Å². The van der Waals surface area contributed by atoms with Crippen molar-refractivity contribution < 1.29 is 14.6 Å². The number of carbonyl (C=O) groups is 1. The highest BCUT2D eigenvalue weighted by molar-refractivity contribution is 5.91. The third kappa shape index (κ3) is 2.68. The third-order valence-electron chi connectivity index (χ3n) is 2.84. The van der Waals surface area contributed by atoms with Crippen molar-refractivity contribution >= 4 is 11.7 Å². The van der Waals surface area contributed by atoms with Crippen LogP contribution < -0.4 is 10.5 Å². The average molecular weight is 257 g/mol. The predicted octanol–water partition coefficient (Wildman–Crippen LogP) is 2.76. The number of hydrogen-bond donors (Lipinski definition) is 2. The average Bonchev–Trinajstić information content (AvgIpc) is 2.44. The number of carbonyl (C=O) groups excluding carboxylic acids is 1. The van der Waals surface area contributed by atoms with Crippen LogP contribution in [0.4, 0.5) is 5.69 Å². The van der Waals surface area contributed by atoms with Crippen molar-refractivity contribution in [1.29, 1.82) is 0 Å². The molecule has 19 heavy (non-hydrogen) atoms. The summed E-state index contributed by atoms with van der Waals surface area (Å²) in [7, 11) is 0. The molecular weight excluding hydrogens is 242 g/mol. The molecule has 0 heterocycles. The second-order valence-corrected chi connectivity index (χ2v) is 4.09. The Morgan fingerprint density at radius 1 is 1.21 bits per heavy atom. The van der Waals surface area contributed by atoms with E-state index in [1.54, 1.807) is 30.3 Å². The monoisotopic (exact) mass is 257 g/mol. The molecule has 2 rings (SSSR count). The number of phenolic OH excluding ortho intramolecular Hbond substituents is 1. The van der Waals surface area contributed by atoms with Gasteiger partial charge in [0.1, 0.15) is 11.5 Å². The fraction of sp³-hybridized carbons (Fsp3) is 0.133. The maximum Gasteiger partial charge on any atom is 0.343 e. The molecule has 0 aromatic heterocycles. The van der Waals surface area contributed by atoms with Gasteiger partial charge in [-0.25, -0.2) is 4.79 Å². The quantitative estimate of drug-likeness (QED) is 0.384. The highest BCUT2D eigenvalue weighted by atomic mass is 16.5. The third-order valence-corrected chi connectivity index (χ3v) is 2.84. The van der Waals surface area contributed by atoms with Gasteiger partial charge in [-0.05, 0) is 30.7 Å². The van der Waals surface area contributed by atoms with Gasteiger partial charge in [-0.3, -0.25) is 0 Å². The highest BCUT2D eigenvalue weighted by Crippen LogP contribution is 2.33. The first-order valence-electron chi connectivity index (χ1n) is 6.01. The van der Waals surface area contributed by atoms with Gasteiger partial charge in [0.2, 0.25) is 0 Å². The van der Waals surface area contributed by atoms with E-state index in [-0.39, 0.29) is 11.4 Å². The molecule has 0 spiro atoms. The van der Waals surface area contributed by atoms with E-state index >= 15 is 0 Å². The van der Waals surface area contributed by atoms with E-state index in [1.165, 1.54) is 6.07 Å². The Balaban J connectivity index is 2.29. The van der Waals surface area contributed by atoms with Crippen molar-refractivity contribution in [2.75, 3.05) is 5.73 Å². The van der Waals surface area contributed by atoms with Crippen LogP contribution in [0.2, 0.25) is 0 Å².